The fraction of sp³-hybridized carbons (Fsp3) is 0.875. The molecule has 0 aliphatic carbocycles. The van der Waals surface area contributed by atoms with Crippen LogP contribution in [0, 0.1) is 0 Å². The summed E-state index contributed by atoms with van der Waals surface area (Å²) < 4.78 is 26.4. The average Bonchev–Trinajstić information content (AvgIpc) is 2.17. The first-order valence-corrected chi connectivity index (χ1v) is 6.76. The summed E-state index contributed by atoms with van der Waals surface area (Å²) in [6, 6.07) is 0. The van der Waals surface area contributed by atoms with Crippen molar-refractivity contribution in [1.29, 1.82) is 0 Å². The Morgan fingerprint density at radius 2 is 1.67 bits per heavy atom. The summed E-state index contributed by atoms with van der Waals surface area (Å²) in [5, 5.41) is -1.41. The maximum atomic E-state index is 12.0. The van der Waals surface area contributed by atoms with Gasteiger partial charge in [-0.3, -0.25) is 4.57 Å². The highest BCUT2D eigenvalue weighted by molar-refractivity contribution is 7.57. The number of alkyl halides is 1. The van der Waals surface area contributed by atoms with E-state index in [0.29, 0.717) is 0 Å². The van der Waals surface area contributed by atoms with Crippen molar-refractivity contribution >= 4 is 25.2 Å². The Bertz CT molecular complexity index is 235. The van der Waals surface area contributed by atoms with Gasteiger partial charge in [0.15, 0.2) is 0 Å². The summed E-state index contributed by atoms with van der Waals surface area (Å²) in [7, 11) is -3.61. The first kappa shape index (κ1) is 14.9. The molecule has 90 valence electrons. The van der Waals surface area contributed by atoms with Crippen LogP contribution in [0.2, 0.25) is 0 Å². The SMILES string of the molecule is CCOC(=O)[C@@H](Cl)P(=O)(OCC)OCC. The van der Waals surface area contributed by atoms with Crippen LogP contribution >= 0.6 is 19.2 Å². The third-order valence-electron chi connectivity index (χ3n) is 1.38. The second-order valence-electron chi connectivity index (χ2n) is 2.46. The first-order valence-electron chi connectivity index (χ1n) is 4.71. The fourth-order valence-electron chi connectivity index (χ4n) is 0.868. The number of esters is 1. The van der Waals surface area contributed by atoms with Crippen molar-refractivity contribution in [1.82, 2.24) is 0 Å². The number of carbonyl (C=O) groups excluding carboxylic acids is 1. The van der Waals surface area contributed by atoms with Crippen LogP contribution in [0.15, 0.2) is 0 Å². The highest BCUT2D eigenvalue weighted by Crippen LogP contribution is 2.55. The van der Waals surface area contributed by atoms with Crippen LogP contribution in [0.3, 0.4) is 0 Å². The van der Waals surface area contributed by atoms with E-state index in [2.05, 4.69) is 4.74 Å². The fourth-order valence-corrected chi connectivity index (χ4v) is 2.66. The molecular formula is C8H16ClO5P. The van der Waals surface area contributed by atoms with E-state index >= 15 is 0 Å². The topological polar surface area (TPSA) is 61.8 Å². The molecule has 0 heterocycles. The van der Waals surface area contributed by atoms with Crippen molar-refractivity contribution in [2.45, 2.75) is 25.9 Å². The zero-order valence-electron chi connectivity index (χ0n) is 9.07. The zero-order valence-corrected chi connectivity index (χ0v) is 10.7. The minimum Gasteiger partial charge on any atom is -0.464 e. The van der Waals surface area contributed by atoms with Gasteiger partial charge in [0.05, 0.1) is 19.8 Å². The molecule has 0 aromatic carbocycles. The molecule has 0 bridgehead atoms. The molecule has 15 heavy (non-hydrogen) atoms. The van der Waals surface area contributed by atoms with Crippen LogP contribution in [-0.4, -0.2) is 30.9 Å². The number of halogens is 1. The van der Waals surface area contributed by atoms with Gasteiger partial charge in [-0.25, -0.2) is 4.79 Å². The molecule has 0 aromatic heterocycles. The number of carbonyl (C=O) groups is 1. The third-order valence-corrected chi connectivity index (χ3v) is 4.27. The predicted octanol–water partition coefficient (Wildman–Crippen LogP) is 2.38. The van der Waals surface area contributed by atoms with Crippen molar-refractivity contribution in [2.75, 3.05) is 19.8 Å². The molecule has 0 N–H and O–H groups in total. The molecule has 0 aliphatic rings. The van der Waals surface area contributed by atoms with Gasteiger partial charge in [0.2, 0.25) is 5.12 Å². The van der Waals surface area contributed by atoms with E-state index in [4.69, 9.17) is 20.6 Å². The van der Waals surface area contributed by atoms with E-state index < -0.39 is 18.7 Å². The van der Waals surface area contributed by atoms with Crippen molar-refractivity contribution in [3.05, 3.63) is 0 Å². The van der Waals surface area contributed by atoms with Gasteiger partial charge < -0.3 is 13.8 Å². The Morgan fingerprint density at radius 1 is 1.20 bits per heavy atom. The largest absolute Gasteiger partial charge is 0.464 e. The second kappa shape index (κ2) is 7.23. The summed E-state index contributed by atoms with van der Waals surface area (Å²) in [6.07, 6.45) is 0. The summed E-state index contributed by atoms with van der Waals surface area (Å²) in [5.74, 6) is -0.788. The van der Waals surface area contributed by atoms with Crippen LogP contribution < -0.4 is 0 Å². The lowest BCUT2D eigenvalue weighted by Crippen LogP contribution is -2.20. The molecule has 0 rings (SSSR count). The van der Waals surface area contributed by atoms with Crippen LogP contribution in [0.5, 0.6) is 0 Å². The third kappa shape index (κ3) is 4.51. The molecule has 0 aliphatic heterocycles. The van der Waals surface area contributed by atoms with Crippen LogP contribution in [0.1, 0.15) is 20.8 Å². The van der Waals surface area contributed by atoms with Gasteiger partial charge >= 0.3 is 13.6 Å². The molecule has 0 amide bonds. The van der Waals surface area contributed by atoms with E-state index in [1.54, 1.807) is 20.8 Å². The summed E-state index contributed by atoms with van der Waals surface area (Å²) in [5.41, 5.74) is 0. The van der Waals surface area contributed by atoms with Crippen molar-refractivity contribution < 1.29 is 23.1 Å². The minimum absolute atomic E-state index is 0.153. The van der Waals surface area contributed by atoms with Gasteiger partial charge in [-0.05, 0) is 20.8 Å². The van der Waals surface area contributed by atoms with Gasteiger partial charge in [-0.2, -0.15) is 0 Å². The number of rotatable bonds is 7. The quantitative estimate of drug-likeness (QED) is 0.399. The molecule has 0 saturated heterocycles. The Balaban J connectivity index is 4.60. The van der Waals surface area contributed by atoms with E-state index in [1.165, 1.54) is 0 Å². The molecule has 0 fully saturated rings. The average molecular weight is 259 g/mol. The van der Waals surface area contributed by atoms with Crippen LogP contribution in [0.25, 0.3) is 0 Å². The number of hydrogen-bond acceptors (Lipinski definition) is 5. The molecule has 1 atom stereocenters. The highest BCUT2D eigenvalue weighted by atomic mass is 35.5. The second-order valence-corrected chi connectivity index (χ2v) is 5.32. The highest BCUT2D eigenvalue weighted by Gasteiger charge is 2.40. The summed E-state index contributed by atoms with van der Waals surface area (Å²) in [4.78, 5) is 11.3. The van der Waals surface area contributed by atoms with Crippen LogP contribution in [-0.2, 0) is 23.1 Å². The van der Waals surface area contributed by atoms with Gasteiger partial charge in [0.1, 0.15) is 0 Å². The molecule has 0 unspecified atom stereocenters. The van der Waals surface area contributed by atoms with Crippen LogP contribution in [0.4, 0.5) is 0 Å². The van der Waals surface area contributed by atoms with E-state index in [9.17, 15) is 9.36 Å². The standard InChI is InChI=1S/C8H16ClO5P/c1-4-12-8(10)7(9)15(11,13-5-2)14-6-3/h7H,4-6H2,1-3H3/t7-/m0/s1. The number of ether oxygens (including phenoxy) is 1. The minimum atomic E-state index is -3.61. The Morgan fingerprint density at radius 3 is 2.00 bits per heavy atom. The van der Waals surface area contributed by atoms with Crippen molar-refractivity contribution in [3.63, 3.8) is 0 Å². The normalized spacial score (nSPS) is 13.6. The molecule has 0 saturated carbocycles. The molecule has 0 aromatic rings. The smallest absolute Gasteiger partial charge is 0.359 e. The molecular weight excluding hydrogens is 243 g/mol. The van der Waals surface area contributed by atoms with Gasteiger partial charge in [-0.1, -0.05) is 11.6 Å². The number of hydrogen-bond donors (Lipinski definition) is 0. The molecule has 0 radical (unpaired) electrons. The summed E-state index contributed by atoms with van der Waals surface area (Å²) in [6.45, 7) is 5.38. The van der Waals surface area contributed by atoms with E-state index in [-0.39, 0.29) is 19.8 Å². The Kier molecular flexibility index (Phi) is 7.18. The van der Waals surface area contributed by atoms with Crippen molar-refractivity contribution in [2.24, 2.45) is 0 Å². The lowest BCUT2D eigenvalue weighted by Gasteiger charge is -2.20. The van der Waals surface area contributed by atoms with E-state index in [1.807, 2.05) is 0 Å². The summed E-state index contributed by atoms with van der Waals surface area (Å²) >= 11 is 5.69. The lowest BCUT2D eigenvalue weighted by atomic mass is 10.7. The van der Waals surface area contributed by atoms with Gasteiger partial charge in [0.25, 0.3) is 0 Å². The monoisotopic (exact) mass is 258 g/mol. The van der Waals surface area contributed by atoms with E-state index in [0.717, 1.165) is 0 Å². The van der Waals surface area contributed by atoms with Crippen molar-refractivity contribution in [3.8, 4) is 0 Å². The Labute approximate surface area is 94.6 Å². The first-order chi connectivity index (χ1) is 7.01. The van der Waals surface area contributed by atoms with Gasteiger partial charge in [0, 0.05) is 0 Å². The molecule has 7 heteroatoms. The van der Waals surface area contributed by atoms with Gasteiger partial charge in [-0.15, -0.1) is 0 Å². The molecule has 5 nitrogen and oxygen atoms in total. The lowest BCUT2D eigenvalue weighted by molar-refractivity contribution is -0.141. The predicted molar refractivity (Wildman–Crippen MR) is 57.1 cm³/mol. The maximum absolute atomic E-state index is 12.0. The zero-order chi connectivity index (χ0) is 11.9. The molecule has 0 spiro atoms. The Hall–Kier alpha value is -0.0900. The maximum Gasteiger partial charge on any atom is 0.359 e.